The highest BCUT2D eigenvalue weighted by Gasteiger charge is 2.71. The predicted molar refractivity (Wildman–Crippen MR) is 205 cm³/mol. The van der Waals surface area contributed by atoms with Crippen molar-refractivity contribution in [3.63, 3.8) is 0 Å². The van der Waals surface area contributed by atoms with E-state index in [-0.39, 0.29) is 42.3 Å². The minimum Gasteiger partial charge on any atom is -0.504 e. The summed E-state index contributed by atoms with van der Waals surface area (Å²) in [6.45, 7) is 5.69. The SMILES string of the molecule is C=Cc1ccc(N2C(=O)[C@H]3[C@H](CC=C4[C@H]3C[C@H]3C(=O)N(Nc5ncc(C(F)(F)F)cc5Cl)C(=O)[C@@]3(c3ccc(Cl)cc3)[C@H]4c3cccc(OCC)c3O)C2=O)cc1. The third-order valence-electron chi connectivity index (χ3n) is 11.6. The van der Waals surface area contributed by atoms with Gasteiger partial charge in [-0.2, -0.15) is 18.2 Å². The van der Waals surface area contributed by atoms with E-state index in [2.05, 4.69) is 17.0 Å². The number of imide groups is 2. The molecule has 4 aromatic rings. The number of anilines is 2. The number of amides is 4. The van der Waals surface area contributed by atoms with E-state index in [1.807, 2.05) is 6.08 Å². The monoisotopic (exact) mass is 816 g/mol. The molecule has 57 heavy (non-hydrogen) atoms. The van der Waals surface area contributed by atoms with Crippen LogP contribution in [0.4, 0.5) is 24.7 Å². The molecule has 2 aliphatic heterocycles. The van der Waals surface area contributed by atoms with Crippen molar-refractivity contribution >= 4 is 64.4 Å². The summed E-state index contributed by atoms with van der Waals surface area (Å²) in [5.74, 6) is -7.92. The third kappa shape index (κ3) is 5.89. The van der Waals surface area contributed by atoms with Crippen LogP contribution in [0.15, 0.2) is 97.2 Å². The van der Waals surface area contributed by atoms with Gasteiger partial charge in [-0.25, -0.2) is 4.98 Å². The first kappa shape index (κ1) is 38.2. The number of pyridine rings is 1. The molecule has 3 heterocycles. The Kier molecular flexibility index (Phi) is 9.43. The molecule has 2 aliphatic carbocycles. The van der Waals surface area contributed by atoms with E-state index in [9.17, 15) is 32.7 Å². The molecule has 3 aromatic carbocycles. The highest BCUT2D eigenvalue weighted by molar-refractivity contribution is 6.33. The largest absolute Gasteiger partial charge is 0.504 e. The second-order valence-corrected chi connectivity index (χ2v) is 15.2. The van der Waals surface area contributed by atoms with Crippen LogP contribution in [0.1, 0.15) is 47.9 Å². The molecule has 3 fully saturated rings. The lowest BCUT2D eigenvalue weighted by Crippen LogP contribution is -2.53. The van der Waals surface area contributed by atoms with Gasteiger partial charge in [-0.1, -0.05) is 83.9 Å². The fraction of sp³-hybridized carbons (Fsp3) is 0.262. The van der Waals surface area contributed by atoms with E-state index in [1.165, 1.54) is 0 Å². The highest BCUT2D eigenvalue weighted by atomic mass is 35.5. The molecule has 292 valence electrons. The summed E-state index contributed by atoms with van der Waals surface area (Å²) in [6, 6.07) is 18.6. The number of aromatic hydroxyl groups is 1. The van der Waals surface area contributed by atoms with Crippen molar-refractivity contribution in [1.29, 1.82) is 0 Å². The summed E-state index contributed by atoms with van der Waals surface area (Å²) >= 11 is 12.6. The summed E-state index contributed by atoms with van der Waals surface area (Å²) in [5.41, 5.74) is 1.92. The Morgan fingerprint density at radius 3 is 2.37 bits per heavy atom. The summed E-state index contributed by atoms with van der Waals surface area (Å²) in [5, 5.41) is 12.5. The van der Waals surface area contributed by atoms with Gasteiger partial charge in [-0.15, -0.1) is 0 Å². The second-order valence-electron chi connectivity index (χ2n) is 14.4. The molecule has 2 saturated heterocycles. The van der Waals surface area contributed by atoms with Crippen molar-refractivity contribution in [3.8, 4) is 11.5 Å². The van der Waals surface area contributed by atoms with Crippen LogP contribution >= 0.6 is 23.2 Å². The molecule has 8 rings (SSSR count). The van der Waals surface area contributed by atoms with Crippen LogP contribution in [0.2, 0.25) is 10.0 Å². The number of halogens is 5. The standard InChI is InChI=1S/C42H33Cl2F3N4O6/c1-3-21-8-14-25(15-9-21)50-37(53)27-17-16-26-29(33(27)39(50)55)19-30-38(54)51(49-36-31(44)18-23(20-48-36)42(45,46)47)40(56)41(30,22-10-12-24(43)13-11-22)34(26)28-6-5-7-32(35(28)52)57-4-2/h3,5-16,18,20,27,29-30,33-34,52H,1,4,17,19H2,2H3,(H,48,49)/t27-,29+,30-,33-,34+,41+/m0/s1. The third-order valence-corrected chi connectivity index (χ3v) is 12.1. The lowest BCUT2D eigenvalue weighted by molar-refractivity contribution is -0.139. The minimum absolute atomic E-state index is 0.0861. The predicted octanol–water partition coefficient (Wildman–Crippen LogP) is 8.34. The zero-order chi connectivity index (χ0) is 40.6. The van der Waals surface area contributed by atoms with Crippen LogP contribution in [-0.4, -0.2) is 45.3 Å². The first-order valence-electron chi connectivity index (χ1n) is 18.1. The Hall–Kier alpha value is -5.66. The number of hydrazine groups is 1. The number of fused-ring (bicyclic) bond motifs is 4. The van der Waals surface area contributed by atoms with Crippen LogP contribution in [-0.2, 0) is 30.8 Å². The maximum absolute atomic E-state index is 15.4. The number of para-hydroxylation sites is 1. The molecule has 0 unspecified atom stereocenters. The first-order valence-corrected chi connectivity index (χ1v) is 18.9. The van der Waals surface area contributed by atoms with Gasteiger partial charge in [-0.3, -0.25) is 29.5 Å². The van der Waals surface area contributed by atoms with Crippen LogP contribution in [0.3, 0.4) is 0 Å². The molecule has 10 nitrogen and oxygen atoms in total. The Bertz CT molecular complexity index is 2390. The number of nitrogens with zero attached hydrogens (tertiary/aromatic N) is 3. The van der Waals surface area contributed by atoms with Gasteiger partial charge in [0.15, 0.2) is 17.3 Å². The van der Waals surface area contributed by atoms with Crippen LogP contribution in [0.5, 0.6) is 11.5 Å². The number of aromatic nitrogens is 1. The van der Waals surface area contributed by atoms with Gasteiger partial charge in [0.25, 0.3) is 11.8 Å². The molecule has 6 atom stereocenters. The fourth-order valence-electron chi connectivity index (χ4n) is 9.19. The van der Waals surface area contributed by atoms with Gasteiger partial charge in [0, 0.05) is 22.7 Å². The number of carbonyl (C=O) groups is 4. The van der Waals surface area contributed by atoms with Gasteiger partial charge in [0.05, 0.1) is 46.0 Å². The maximum atomic E-state index is 15.4. The Balaban J connectivity index is 1.32. The van der Waals surface area contributed by atoms with E-state index in [1.54, 1.807) is 79.7 Å². The number of benzene rings is 3. The van der Waals surface area contributed by atoms with Crippen molar-refractivity contribution in [3.05, 3.63) is 130 Å². The van der Waals surface area contributed by atoms with Crippen LogP contribution in [0.25, 0.3) is 6.08 Å². The van der Waals surface area contributed by atoms with Crippen LogP contribution < -0.4 is 15.1 Å². The van der Waals surface area contributed by atoms with Crippen molar-refractivity contribution in [1.82, 2.24) is 9.99 Å². The number of alkyl halides is 3. The second kappa shape index (κ2) is 14.1. The van der Waals surface area contributed by atoms with Crippen LogP contribution in [0, 0.1) is 23.7 Å². The number of allylic oxidation sites excluding steroid dienone is 2. The highest BCUT2D eigenvalue weighted by Crippen LogP contribution is 2.65. The minimum atomic E-state index is -4.77. The summed E-state index contributed by atoms with van der Waals surface area (Å²) in [4.78, 5) is 64.0. The van der Waals surface area contributed by atoms with E-state index in [0.29, 0.717) is 39.1 Å². The molecular formula is C42H33Cl2F3N4O6. The van der Waals surface area contributed by atoms with E-state index in [4.69, 9.17) is 27.9 Å². The van der Waals surface area contributed by atoms with Crippen molar-refractivity contribution in [2.45, 2.75) is 37.3 Å². The van der Waals surface area contributed by atoms with Gasteiger partial charge in [-0.05, 0) is 73.2 Å². The number of hydrogen-bond acceptors (Lipinski definition) is 8. The smallest absolute Gasteiger partial charge is 0.417 e. The number of phenols is 1. The molecule has 0 bridgehead atoms. The van der Waals surface area contributed by atoms with Gasteiger partial charge in [0.1, 0.15) is 0 Å². The average molecular weight is 818 g/mol. The number of rotatable bonds is 8. The summed E-state index contributed by atoms with van der Waals surface area (Å²) < 4.78 is 46.3. The number of ether oxygens (including phenoxy) is 1. The van der Waals surface area contributed by atoms with Crippen molar-refractivity contribution in [2.75, 3.05) is 16.9 Å². The zero-order valence-corrected chi connectivity index (χ0v) is 31.6. The Morgan fingerprint density at radius 1 is 1.00 bits per heavy atom. The van der Waals surface area contributed by atoms with E-state index in [0.717, 1.165) is 10.5 Å². The topological polar surface area (TPSA) is 129 Å². The normalized spacial score (nSPS) is 25.5. The quantitative estimate of drug-likeness (QED) is 0.134. The molecule has 4 amide bonds. The van der Waals surface area contributed by atoms with Gasteiger partial charge >= 0.3 is 6.18 Å². The molecule has 4 aliphatic rings. The Labute approximate surface area is 334 Å². The van der Waals surface area contributed by atoms with Crippen molar-refractivity contribution in [2.24, 2.45) is 23.7 Å². The molecule has 0 radical (unpaired) electrons. The summed E-state index contributed by atoms with van der Waals surface area (Å²) in [7, 11) is 0. The van der Waals surface area contributed by atoms with E-state index < -0.39 is 75.4 Å². The molecule has 2 N–H and O–H groups in total. The molecule has 0 spiro atoms. The summed E-state index contributed by atoms with van der Waals surface area (Å²) in [6.07, 6.45) is -0.732. The lowest BCUT2D eigenvalue weighted by Gasteiger charge is -2.50. The van der Waals surface area contributed by atoms with Crippen molar-refractivity contribution < 1.29 is 42.2 Å². The van der Waals surface area contributed by atoms with E-state index >= 15 is 4.79 Å². The number of phenolic OH excluding ortho intramolecular Hbond substituents is 1. The van der Waals surface area contributed by atoms with Gasteiger partial charge in [0.2, 0.25) is 11.8 Å². The lowest BCUT2D eigenvalue weighted by atomic mass is 9.49. The van der Waals surface area contributed by atoms with Gasteiger partial charge < -0.3 is 9.84 Å². The number of hydrogen-bond donors (Lipinski definition) is 2. The zero-order valence-electron chi connectivity index (χ0n) is 30.1. The molecule has 15 heteroatoms. The fourth-order valence-corrected chi connectivity index (χ4v) is 9.52. The average Bonchev–Trinajstić information content (AvgIpc) is 3.57. The number of nitrogens with one attached hydrogen (secondary N) is 1. The Morgan fingerprint density at radius 2 is 1.72 bits per heavy atom. The maximum Gasteiger partial charge on any atom is 0.417 e. The molecule has 1 aromatic heterocycles. The molecular weight excluding hydrogens is 784 g/mol. The first-order chi connectivity index (χ1) is 27.2. The number of carbonyl (C=O) groups excluding carboxylic acids is 4. The molecule has 1 saturated carbocycles.